The molecule has 1 aromatic rings. The Balaban J connectivity index is 2.13. The van der Waals surface area contributed by atoms with Crippen molar-refractivity contribution in [2.24, 2.45) is 17.1 Å². The molecule has 0 saturated heterocycles. The molecule has 3 atom stereocenters. The molecule has 1 fully saturated rings. The molecule has 1 aromatic heterocycles. The second kappa shape index (κ2) is 5.49. The summed E-state index contributed by atoms with van der Waals surface area (Å²) in [5.41, 5.74) is 7.33. The fourth-order valence-electron chi connectivity index (χ4n) is 3.35. The van der Waals surface area contributed by atoms with Crippen LogP contribution < -0.4 is 10.5 Å². The molecule has 0 spiro atoms. The first-order valence-corrected chi connectivity index (χ1v) is 7.24. The smallest absolute Gasteiger partial charge is 0.218 e. The van der Waals surface area contributed by atoms with Crippen molar-refractivity contribution in [3.05, 3.63) is 23.9 Å². The van der Waals surface area contributed by atoms with E-state index in [4.69, 9.17) is 10.5 Å². The van der Waals surface area contributed by atoms with Gasteiger partial charge in [0.05, 0.1) is 0 Å². The van der Waals surface area contributed by atoms with E-state index in [1.54, 1.807) is 6.20 Å². The Labute approximate surface area is 116 Å². The van der Waals surface area contributed by atoms with Crippen LogP contribution in [0.15, 0.2) is 18.3 Å². The minimum Gasteiger partial charge on any atom is -0.474 e. The molecule has 3 nitrogen and oxygen atoms in total. The van der Waals surface area contributed by atoms with Gasteiger partial charge in [0, 0.05) is 17.8 Å². The minimum atomic E-state index is -0.0438. The van der Waals surface area contributed by atoms with E-state index in [0.717, 1.165) is 18.4 Å². The molecule has 1 saturated carbocycles. The van der Waals surface area contributed by atoms with Gasteiger partial charge in [0.25, 0.3) is 0 Å². The van der Waals surface area contributed by atoms with E-state index in [0.29, 0.717) is 17.2 Å². The Hall–Kier alpha value is -1.09. The zero-order chi connectivity index (χ0) is 14.0. The summed E-state index contributed by atoms with van der Waals surface area (Å²) in [5.74, 6) is 1.42. The summed E-state index contributed by atoms with van der Waals surface area (Å²) in [6.07, 6.45) is 5.50. The summed E-state index contributed by atoms with van der Waals surface area (Å²) in [6, 6.07) is 3.88. The van der Waals surface area contributed by atoms with Crippen LogP contribution in [-0.4, -0.2) is 11.1 Å². The standard InChI is InChI=1S/C16H26N2O/c1-11-8-13(10-16(3,4)9-11)19-15-14(12(2)17)6-5-7-18-15/h5-7,11-13H,8-10,17H2,1-4H3/t11?,12-,13?/m1/s1. The van der Waals surface area contributed by atoms with Gasteiger partial charge >= 0.3 is 0 Å². The van der Waals surface area contributed by atoms with Gasteiger partial charge in [0.2, 0.25) is 5.88 Å². The van der Waals surface area contributed by atoms with E-state index in [-0.39, 0.29) is 12.1 Å². The molecule has 0 amide bonds. The van der Waals surface area contributed by atoms with Crippen LogP contribution >= 0.6 is 0 Å². The van der Waals surface area contributed by atoms with Crippen molar-refractivity contribution in [2.75, 3.05) is 0 Å². The normalized spacial score (nSPS) is 27.8. The average molecular weight is 262 g/mol. The van der Waals surface area contributed by atoms with Crippen LogP contribution in [0.1, 0.15) is 58.6 Å². The van der Waals surface area contributed by atoms with Crippen LogP contribution in [-0.2, 0) is 0 Å². The highest BCUT2D eigenvalue weighted by Gasteiger charge is 2.33. The summed E-state index contributed by atoms with van der Waals surface area (Å²) in [4.78, 5) is 4.36. The topological polar surface area (TPSA) is 48.1 Å². The number of ether oxygens (including phenoxy) is 1. The Bertz CT molecular complexity index is 429. The number of nitrogens with two attached hydrogens (primary N) is 1. The van der Waals surface area contributed by atoms with Crippen LogP contribution in [0.2, 0.25) is 0 Å². The van der Waals surface area contributed by atoms with Gasteiger partial charge in [-0.25, -0.2) is 4.98 Å². The average Bonchev–Trinajstić information content (AvgIpc) is 2.26. The molecule has 1 aliphatic rings. The SMILES string of the molecule is CC1CC(Oc2ncccc2[C@@H](C)N)CC(C)(C)C1. The van der Waals surface area contributed by atoms with Crippen molar-refractivity contribution in [1.29, 1.82) is 0 Å². The van der Waals surface area contributed by atoms with E-state index < -0.39 is 0 Å². The number of nitrogens with zero attached hydrogens (tertiary/aromatic N) is 1. The van der Waals surface area contributed by atoms with Gasteiger partial charge in [-0.3, -0.25) is 0 Å². The monoisotopic (exact) mass is 262 g/mol. The van der Waals surface area contributed by atoms with Gasteiger partial charge in [-0.15, -0.1) is 0 Å². The molecule has 0 bridgehead atoms. The number of hydrogen-bond donors (Lipinski definition) is 1. The van der Waals surface area contributed by atoms with Crippen molar-refractivity contribution < 1.29 is 4.74 Å². The Morgan fingerprint density at radius 1 is 1.42 bits per heavy atom. The van der Waals surface area contributed by atoms with Crippen LogP contribution in [0, 0.1) is 11.3 Å². The fraction of sp³-hybridized carbons (Fsp3) is 0.688. The van der Waals surface area contributed by atoms with Crippen LogP contribution in [0.4, 0.5) is 0 Å². The summed E-state index contributed by atoms with van der Waals surface area (Å²) in [5, 5.41) is 0. The lowest BCUT2D eigenvalue weighted by Crippen LogP contribution is -2.34. The molecule has 1 aliphatic carbocycles. The van der Waals surface area contributed by atoms with Gasteiger partial charge in [-0.1, -0.05) is 26.8 Å². The molecule has 0 aromatic carbocycles. The van der Waals surface area contributed by atoms with Crippen molar-refractivity contribution in [3.63, 3.8) is 0 Å². The number of pyridine rings is 1. The maximum absolute atomic E-state index is 6.16. The van der Waals surface area contributed by atoms with Crippen LogP contribution in [0.25, 0.3) is 0 Å². The van der Waals surface area contributed by atoms with Crippen molar-refractivity contribution >= 4 is 0 Å². The molecule has 2 rings (SSSR count). The lowest BCUT2D eigenvalue weighted by atomic mass is 9.71. The van der Waals surface area contributed by atoms with Crippen LogP contribution in [0.5, 0.6) is 5.88 Å². The van der Waals surface area contributed by atoms with Crippen LogP contribution in [0.3, 0.4) is 0 Å². The maximum atomic E-state index is 6.16. The predicted octanol–water partition coefficient (Wildman–Crippen LogP) is 3.69. The third-order valence-corrected chi connectivity index (χ3v) is 3.92. The third-order valence-electron chi connectivity index (χ3n) is 3.92. The third kappa shape index (κ3) is 3.69. The highest BCUT2D eigenvalue weighted by molar-refractivity contribution is 5.28. The summed E-state index contributed by atoms with van der Waals surface area (Å²) in [6.45, 7) is 8.92. The minimum absolute atomic E-state index is 0.0438. The first-order chi connectivity index (χ1) is 8.87. The molecule has 106 valence electrons. The van der Waals surface area contributed by atoms with Gasteiger partial charge < -0.3 is 10.5 Å². The second-order valence-electron chi connectivity index (χ2n) is 6.84. The highest BCUT2D eigenvalue weighted by atomic mass is 16.5. The second-order valence-corrected chi connectivity index (χ2v) is 6.84. The van der Waals surface area contributed by atoms with Gasteiger partial charge in [0.1, 0.15) is 6.10 Å². The predicted molar refractivity (Wildman–Crippen MR) is 78.1 cm³/mol. The first kappa shape index (κ1) is 14.3. The highest BCUT2D eigenvalue weighted by Crippen LogP contribution is 2.40. The van der Waals surface area contributed by atoms with Gasteiger partial charge in [0.15, 0.2) is 0 Å². The number of aromatic nitrogens is 1. The van der Waals surface area contributed by atoms with Crippen molar-refractivity contribution in [1.82, 2.24) is 4.98 Å². The molecular formula is C16H26N2O. The fourth-order valence-corrected chi connectivity index (χ4v) is 3.35. The summed E-state index contributed by atoms with van der Waals surface area (Å²) in [7, 11) is 0. The summed E-state index contributed by atoms with van der Waals surface area (Å²) >= 11 is 0. The Morgan fingerprint density at radius 3 is 2.79 bits per heavy atom. The van der Waals surface area contributed by atoms with E-state index in [1.165, 1.54) is 6.42 Å². The lowest BCUT2D eigenvalue weighted by molar-refractivity contribution is 0.0523. The van der Waals surface area contributed by atoms with Gasteiger partial charge in [-0.05, 0) is 43.6 Å². The first-order valence-electron chi connectivity index (χ1n) is 7.24. The molecule has 3 heteroatoms. The van der Waals surface area contributed by atoms with E-state index in [1.807, 2.05) is 19.1 Å². The van der Waals surface area contributed by atoms with Gasteiger partial charge in [-0.2, -0.15) is 0 Å². The molecule has 1 heterocycles. The maximum Gasteiger partial charge on any atom is 0.218 e. The molecule has 2 unspecified atom stereocenters. The number of hydrogen-bond acceptors (Lipinski definition) is 3. The summed E-state index contributed by atoms with van der Waals surface area (Å²) < 4.78 is 6.16. The molecular weight excluding hydrogens is 236 g/mol. The quantitative estimate of drug-likeness (QED) is 0.903. The van der Waals surface area contributed by atoms with Crippen molar-refractivity contribution in [2.45, 2.75) is 59.1 Å². The molecule has 19 heavy (non-hydrogen) atoms. The largest absolute Gasteiger partial charge is 0.474 e. The molecule has 0 radical (unpaired) electrons. The Morgan fingerprint density at radius 2 is 2.16 bits per heavy atom. The number of rotatable bonds is 3. The molecule has 2 N–H and O–H groups in total. The van der Waals surface area contributed by atoms with Crippen molar-refractivity contribution in [3.8, 4) is 5.88 Å². The Kier molecular flexibility index (Phi) is 4.14. The van der Waals surface area contributed by atoms with E-state index in [2.05, 4.69) is 25.8 Å². The zero-order valence-electron chi connectivity index (χ0n) is 12.5. The zero-order valence-corrected chi connectivity index (χ0v) is 12.5. The molecule has 0 aliphatic heterocycles. The van der Waals surface area contributed by atoms with E-state index in [9.17, 15) is 0 Å². The lowest BCUT2D eigenvalue weighted by Gasteiger charge is -2.38. The van der Waals surface area contributed by atoms with E-state index >= 15 is 0 Å².